The third-order valence-electron chi connectivity index (χ3n) is 6.32. The van der Waals surface area contributed by atoms with Crippen LogP contribution in [0.15, 0.2) is 71.8 Å². The quantitative estimate of drug-likeness (QED) is 0.414. The second-order valence-corrected chi connectivity index (χ2v) is 9.63. The molecule has 0 bridgehead atoms. The first-order chi connectivity index (χ1) is 15.3. The van der Waals surface area contributed by atoms with E-state index in [1.54, 1.807) is 30.5 Å². The van der Waals surface area contributed by atoms with Crippen molar-refractivity contribution in [3.63, 3.8) is 0 Å². The van der Waals surface area contributed by atoms with Crippen LogP contribution in [0.2, 0.25) is 0 Å². The zero-order valence-corrected chi connectivity index (χ0v) is 19.0. The number of rotatable bonds is 8. The van der Waals surface area contributed by atoms with E-state index in [-0.39, 0.29) is 17.2 Å². The molecule has 1 amide bonds. The van der Waals surface area contributed by atoms with Gasteiger partial charge in [-0.05, 0) is 37.4 Å². The number of quaternary nitrogens is 1. The van der Waals surface area contributed by atoms with E-state index in [2.05, 4.69) is 18.9 Å². The Hall–Kier alpha value is -3.23. The number of aromatic nitrogens is 2. The smallest absolute Gasteiger partial charge is 0.284 e. The van der Waals surface area contributed by atoms with Crippen molar-refractivity contribution in [3.05, 3.63) is 66.9 Å². The highest BCUT2D eigenvalue weighted by molar-refractivity contribution is 7.90. The summed E-state index contributed by atoms with van der Waals surface area (Å²) >= 11 is 0. The Morgan fingerprint density at radius 2 is 1.66 bits per heavy atom. The number of carbonyl (C=O) groups excluding carboxylic acids is 1. The van der Waals surface area contributed by atoms with Gasteiger partial charge in [-0.2, -0.15) is 17.6 Å². The standard InChI is InChI=1S/C24H26N4O3S/c1-3-28(4-2,16-15-24(25)29)22-13-8-12-21-20(22)17-26-27(21)32(30,31)23-14-7-10-18-9-5-6-11-19(18)23/h5-14,17H,3-4,15-16H2,1-2H3,(H-,25,29)/p+1. The number of fused-ring (bicyclic) bond motifs is 2. The highest BCUT2D eigenvalue weighted by Gasteiger charge is 2.31. The predicted molar refractivity (Wildman–Crippen MR) is 128 cm³/mol. The van der Waals surface area contributed by atoms with Crippen molar-refractivity contribution in [3.8, 4) is 0 Å². The van der Waals surface area contributed by atoms with Crippen molar-refractivity contribution in [2.24, 2.45) is 5.73 Å². The lowest BCUT2D eigenvalue weighted by molar-refractivity contribution is -0.118. The molecule has 0 atom stereocenters. The van der Waals surface area contributed by atoms with Gasteiger partial charge in [-0.15, -0.1) is 0 Å². The van der Waals surface area contributed by atoms with Gasteiger partial charge in [-0.3, -0.25) is 9.28 Å². The van der Waals surface area contributed by atoms with Gasteiger partial charge in [0.05, 0.1) is 48.1 Å². The molecule has 0 aliphatic carbocycles. The minimum atomic E-state index is -3.93. The molecule has 32 heavy (non-hydrogen) atoms. The molecule has 0 spiro atoms. The molecule has 0 aliphatic rings. The summed E-state index contributed by atoms with van der Waals surface area (Å²) in [6, 6.07) is 18.2. The van der Waals surface area contributed by atoms with Crippen LogP contribution >= 0.6 is 0 Å². The van der Waals surface area contributed by atoms with E-state index in [9.17, 15) is 13.2 Å². The number of hydrogen-bond donors (Lipinski definition) is 1. The second-order valence-electron chi connectivity index (χ2n) is 7.90. The van der Waals surface area contributed by atoms with E-state index >= 15 is 0 Å². The number of nitrogens with zero attached hydrogens (tertiary/aromatic N) is 3. The van der Waals surface area contributed by atoms with Gasteiger partial charge < -0.3 is 5.73 Å². The summed E-state index contributed by atoms with van der Waals surface area (Å²) in [4.78, 5) is 11.7. The summed E-state index contributed by atoms with van der Waals surface area (Å²) < 4.78 is 29.0. The summed E-state index contributed by atoms with van der Waals surface area (Å²) in [5, 5.41) is 6.58. The first kappa shape index (κ1) is 22.0. The van der Waals surface area contributed by atoms with Crippen molar-refractivity contribution in [2.45, 2.75) is 25.2 Å². The molecule has 0 saturated carbocycles. The Kier molecular flexibility index (Phi) is 5.75. The largest absolute Gasteiger partial charge is 0.369 e. The summed E-state index contributed by atoms with van der Waals surface area (Å²) in [6.07, 6.45) is 1.86. The van der Waals surface area contributed by atoms with Gasteiger partial charge >= 0.3 is 0 Å². The molecule has 3 aromatic carbocycles. The number of carbonyl (C=O) groups is 1. The molecule has 0 aliphatic heterocycles. The summed E-state index contributed by atoms with van der Waals surface area (Å²) in [6.45, 7) is 6.14. The first-order valence-electron chi connectivity index (χ1n) is 10.7. The highest BCUT2D eigenvalue weighted by atomic mass is 32.2. The van der Waals surface area contributed by atoms with Gasteiger partial charge in [0.2, 0.25) is 5.91 Å². The summed E-state index contributed by atoms with van der Waals surface area (Å²) in [5.41, 5.74) is 6.88. The van der Waals surface area contributed by atoms with Crippen molar-refractivity contribution >= 4 is 43.3 Å². The third-order valence-corrected chi connectivity index (χ3v) is 7.98. The zero-order chi connectivity index (χ0) is 22.9. The van der Waals surface area contributed by atoms with Gasteiger partial charge in [0.15, 0.2) is 0 Å². The second kappa shape index (κ2) is 8.37. The molecule has 1 heterocycles. The lowest BCUT2D eigenvalue weighted by atomic mass is 10.1. The molecule has 7 nitrogen and oxygen atoms in total. The van der Waals surface area contributed by atoms with Crippen molar-refractivity contribution in [1.82, 2.24) is 13.7 Å². The summed E-state index contributed by atoms with van der Waals surface area (Å²) in [7, 11) is -3.93. The fourth-order valence-electron chi connectivity index (χ4n) is 4.46. The molecule has 4 aromatic rings. The maximum Gasteiger partial charge on any atom is 0.284 e. The van der Waals surface area contributed by atoms with Crippen LogP contribution in [0.3, 0.4) is 0 Å². The molecule has 0 unspecified atom stereocenters. The van der Waals surface area contributed by atoms with E-state index in [1.807, 2.05) is 36.4 Å². The average molecular weight is 452 g/mol. The van der Waals surface area contributed by atoms with Crippen LogP contribution in [0.5, 0.6) is 0 Å². The van der Waals surface area contributed by atoms with E-state index < -0.39 is 10.0 Å². The Morgan fingerprint density at radius 3 is 2.38 bits per heavy atom. The average Bonchev–Trinajstić information content (AvgIpc) is 3.25. The van der Waals surface area contributed by atoms with E-state index in [0.717, 1.165) is 33.6 Å². The fourth-order valence-corrected chi connectivity index (χ4v) is 5.95. The zero-order valence-electron chi connectivity index (χ0n) is 18.2. The van der Waals surface area contributed by atoms with Crippen molar-refractivity contribution < 1.29 is 13.2 Å². The predicted octanol–water partition coefficient (Wildman–Crippen LogP) is 3.65. The number of primary amides is 1. The molecule has 8 heteroatoms. The maximum atomic E-state index is 13.7. The summed E-state index contributed by atoms with van der Waals surface area (Å²) in [5.74, 6) is -0.351. The number of benzene rings is 3. The molecule has 4 rings (SSSR count). The topological polar surface area (TPSA) is 95.1 Å². The van der Waals surface area contributed by atoms with Crippen LogP contribution in [-0.2, 0) is 14.8 Å². The molecular formula is C24H27N4O3S+. The Balaban J connectivity index is 1.90. The van der Waals surface area contributed by atoms with Gasteiger partial charge in [-0.25, -0.2) is 0 Å². The molecule has 0 fully saturated rings. The molecule has 0 saturated heterocycles. The Bertz CT molecular complexity index is 1400. The number of hydrogen-bond acceptors (Lipinski definition) is 4. The van der Waals surface area contributed by atoms with Crippen LogP contribution < -0.4 is 10.2 Å². The van der Waals surface area contributed by atoms with Gasteiger partial charge in [-0.1, -0.05) is 42.5 Å². The number of nitrogens with two attached hydrogens (primary N) is 1. The Morgan fingerprint density at radius 1 is 0.969 bits per heavy atom. The molecule has 2 N–H and O–H groups in total. The van der Waals surface area contributed by atoms with Crippen molar-refractivity contribution in [2.75, 3.05) is 19.6 Å². The maximum absolute atomic E-state index is 13.7. The number of amides is 1. The lowest BCUT2D eigenvalue weighted by Crippen LogP contribution is -2.50. The van der Waals surface area contributed by atoms with Crippen LogP contribution in [0.1, 0.15) is 20.3 Å². The molecule has 1 aromatic heterocycles. The highest BCUT2D eigenvalue weighted by Crippen LogP contribution is 2.34. The normalized spacial score (nSPS) is 12.4. The Labute approximate surface area is 187 Å². The minimum absolute atomic E-state index is 0.214. The van der Waals surface area contributed by atoms with Crippen molar-refractivity contribution in [1.29, 1.82) is 0 Å². The monoisotopic (exact) mass is 451 g/mol. The van der Waals surface area contributed by atoms with E-state index in [0.29, 0.717) is 21.9 Å². The minimum Gasteiger partial charge on any atom is -0.369 e. The third kappa shape index (κ3) is 3.55. The van der Waals surface area contributed by atoms with Crippen LogP contribution in [-0.4, -0.2) is 43.1 Å². The molecule has 0 radical (unpaired) electrons. The van der Waals surface area contributed by atoms with Crippen LogP contribution in [0, 0.1) is 0 Å². The molecular weight excluding hydrogens is 424 g/mol. The van der Waals surface area contributed by atoms with E-state index in [1.165, 1.54) is 0 Å². The fraction of sp³-hybridized carbons (Fsp3) is 0.250. The van der Waals surface area contributed by atoms with Crippen LogP contribution in [0.25, 0.3) is 21.7 Å². The molecule has 166 valence electrons. The van der Waals surface area contributed by atoms with Gasteiger partial charge in [0.25, 0.3) is 10.0 Å². The van der Waals surface area contributed by atoms with E-state index in [4.69, 9.17) is 5.73 Å². The SMILES string of the molecule is CC[N+](CC)(CCC(N)=O)c1cccc2c1cnn2S(=O)(=O)c1cccc2ccccc12. The first-order valence-corrected chi connectivity index (χ1v) is 12.1. The van der Waals surface area contributed by atoms with Gasteiger partial charge in [0, 0.05) is 5.39 Å². The lowest BCUT2D eigenvalue weighted by Gasteiger charge is -2.36. The van der Waals surface area contributed by atoms with Gasteiger partial charge in [0.1, 0.15) is 5.69 Å². The van der Waals surface area contributed by atoms with Crippen LogP contribution in [0.4, 0.5) is 5.69 Å².